The molecule has 8 heteroatoms. The number of nitrogens with two attached hydrogens (primary N) is 1. The van der Waals surface area contributed by atoms with Crippen molar-refractivity contribution in [2.75, 3.05) is 0 Å². The number of hydrogen-bond donors (Lipinski definition) is 2. The van der Waals surface area contributed by atoms with Crippen molar-refractivity contribution >= 4 is 22.7 Å². The molecule has 2 aromatic carbocycles. The molecule has 0 atom stereocenters. The van der Waals surface area contributed by atoms with Gasteiger partial charge < -0.3 is 0 Å². The number of sulfonamides is 1. The van der Waals surface area contributed by atoms with Crippen molar-refractivity contribution in [3.05, 3.63) is 66.0 Å². The third kappa shape index (κ3) is 3.62. The predicted octanol–water partition coefficient (Wildman–Crippen LogP) is 3.94. The monoisotopic (exact) mass is 392 g/mol. The summed E-state index contributed by atoms with van der Waals surface area (Å²) in [5.41, 5.74) is 3.33. The molecule has 1 heterocycles. The first kappa shape index (κ1) is 18.5. The summed E-state index contributed by atoms with van der Waals surface area (Å²) in [5.74, 6) is -2.48. The van der Waals surface area contributed by atoms with Crippen LogP contribution in [0.5, 0.6) is 0 Å². The Morgan fingerprint density at radius 3 is 2.15 bits per heavy atom. The molecule has 2 N–H and O–H groups in total. The summed E-state index contributed by atoms with van der Waals surface area (Å²) in [5, 5.41) is 4.84. The molecule has 0 saturated heterocycles. The van der Waals surface area contributed by atoms with Crippen molar-refractivity contribution in [1.29, 1.82) is 0 Å². The van der Waals surface area contributed by atoms with Crippen LogP contribution in [0.3, 0.4) is 0 Å². The molecule has 1 aromatic heterocycles. The maximum atomic E-state index is 14.1. The van der Waals surface area contributed by atoms with E-state index in [0.717, 1.165) is 28.8 Å². The van der Waals surface area contributed by atoms with E-state index in [1.165, 1.54) is 0 Å². The molecule has 0 aliphatic heterocycles. The van der Waals surface area contributed by atoms with Crippen LogP contribution in [0.2, 0.25) is 0 Å². The Morgan fingerprint density at radius 1 is 0.962 bits per heavy atom. The largest absolute Gasteiger partial charge is 0.264 e. The van der Waals surface area contributed by atoms with Gasteiger partial charge in [0.25, 0.3) is 0 Å². The number of thiol groups is 1. The second-order valence-corrected chi connectivity index (χ2v) is 7.78. The minimum absolute atomic E-state index is 0.177. The van der Waals surface area contributed by atoms with Gasteiger partial charge in [-0.3, -0.25) is 4.98 Å². The molecule has 134 valence electrons. The van der Waals surface area contributed by atoms with E-state index >= 15 is 0 Å². The second kappa shape index (κ2) is 6.79. The van der Waals surface area contributed by atoms with Gasteiger partial charge >= 0.3 is 0 Å². The minimum atomic E-state index is -4.49. The fraction of sp³-hybridized carbons (Fsp3) is 0.0556. The molecular formula is C18H14F2N2O2S2. The predicted molar refractivity (Wildman–Crippen MR) is 98.4 cm³/mol. The summed E-state index contributed by atoms with van der Waals surface area (Å²) in [4.78, 5) is 3.58. The normalized spacial score (nSPS) is 11.6. The van der Waals surface area contributed by atoms with Gasteiger partial charge in [0, 0.05) is 22.9 Å². The van der Waals surface area contributed by atoms with Crippen LogP contribution < -0.4 is 5.14 Å². The first-order chi connectivity index (χ1) is 12.2. The van der Waals surface area contributed by atoms with Crippen LogP contribution in [0.25, 0.3) is 22.3 Å². The molecular weight excluding hydrogens is 378 g/mol. The fourth-order valence-corrected chi connectivity index (χ4v) is 3.66. The van der Waals surface area contributed by atoms with Crippen molar-refractivity contribution < 1.29 is 17.2 Å². The Bertz CT molecular complexity index is 1090. The molecule has 0 spiro atoms. The SMILES string of the molecule is Cc1cncc(-c2ccc(-c3cc(F)c(S(N)(=O)=O)c(F)c3)cc2S)c1. The number of hydrogen-bond acceptors (Lipinski definition) is 4. The summed E-state index contributed by atoms with van der Waals surface area (Å²) in [7, 11) is -4.49. The van der Waals surface area contributed by atoms with Crippen LogP contribution in [-0.4, -0.2) is 13.4 Å². The summed E-state index contributed by atoms with van der Waals surface area (Å²) < 4.78 is 50.7. The van der Waals surface area contributed by atoms with Gasteiger partial charge in [0.2, 0.25) is 10.0 Å². The molecule has 0 amide bonds. The van der Waals surface area contributed by atoms with Crippen LogP contribution >= 0.6 is 12.6 Å². The summed E-state index contributed by atoms with van der Waals surface area (Å²) in [6.45, 7) is 1.92. The molecule has 0 fully saturated rings. The minimum Gasteiger partial charge on any atom is -0.264 e. The number of nitrogens with zero attached hydrogens (tertiary/aromatic N) is 1. The lowest BCUT2D eigenvalue weighted by Crippen LogP contribution is -2.16. The Hall–Kier alpha value is -2.29. The Labute approximate surface area is 155 Å². The van der Waals surface area contributed by atoms with Crippen LogP contribution in [0.1, 0.15) is 5.56 Å². The van der Waals surface area contributed by atoms with E-state index in [0.29, 0.717) is 10.5 Å². The average Bonchev–Trinajstić information content (AvgIpc) is 2.52. The molecule has 0 aliphatic carbocycles. The second-order valence-electron chi connectivity index (χ2n) is 5.80. The van der Waals surface area contributed by atoms with Gasteiger partial charge in [-0.1, -0.05) is 12.1 Å². The van der Waals surface area contributed by atoms with Crippen LogP contribution in [-0.2, 0) is 10.0 Å². The lowest BCUT2D eigenvalue weighted by atomic mass is 10.0. The summed E-state index contributed by atoms with van der Waals surface area (Å²) in [6.07, 6.45) is 3.43. The Morgan fingerprint density at radius 2 is 1.62 bits per heavy atom. The molecule has 3 rings (SSSR count). The van der Waals surface area contributed by atoms with Crippen molar-refractivity contribution in [2.45, 2.75) is 16.7 Å². The molecule has 0 bridgehead atoms. The van der Waals surface area contributed by atoms with Crippen LogP contribution in [0.15, 0.2) is 58.6 Å². The van der Waals surface area contributed by atoms with Crippen molar-refractivity contribution in [3.63, 3.8) is 0 Å². The number of benzene rings is 2. The summed E-state index contributed by atoms with van der Waals surface area (Å²) in [6, 6.07) is 8.88. The van der Waals surface area contributed by atoms with Crippen molar-refractivity contribution in [3.8, 4) is 22.3 Å². The van der Waals surface area contributed by atoms with E-state index in [4.69, 9.17) is 5.14 Å². The van der Waals surface area contributed by atoms with E-state index in [2.05, 4.69) is 17.6 Å². The first-order valence-electron chi connectivity index (χ1n) is 7.44. The molecule has 4 nitrogen and oxygen atoms in total. The highest BCUT2D eigenvalue weighted by Crippen LogP contribution is 2.33. The molecule has 3 aromatic rings. The maximum absolute atomic E-state index is 14.1. The zero-order valence-electron chi connectivity index (χ0n) is 13.6. The van der Waals surface area contributed by atoms with E-state index in [9.17, 15) is 17.2 Å². The highest BCUT2D eigenvalue weighted by atomic mass is 32.2. The van der Waals surface area contributed by atoms with E-state index in [1.54, 1.807) is 30.6 Å². The highest BCUT2D eigenvalue weighted by molar-refractivity contribution is 7.89. The zero-order valence-corrected chi connectivity index (χ0v) is 15.3. The lowest BCUT2D eigenvalue weighted by molar-refractivity contribution is 0.520. The molecule has 0 radical (unpaired) electrons. The fourth-order valence-electron chi connectivity index (χ4n) is 2.66. The van der Waals surface area contributed by atoms with Gasteiger partial charge in [-0.05, 0) is 53.4 Å². The van der Waals surface area contributed by atoms with Gasteiger partial charge in [-0.2, -0.15) is 0 Å². The number of primary sulfonamides is 1. The number of rotatable bonds is 3. The molecule has 0 aliphatic rings. The number of halogens is 2. The number of aromatic nitrogens is 1. The van der Waals surface area contributed by atoms with Gasteiger partial charge in [-0.25, -0.2) is 22.3 Å². The zero-order chi connectivity index (χ0) is 19.1. The number of pyridine rings is 1. The van der Waals surface area contributed by atoms with Gasteiger partial charge in [0.15, 0.2) is 4.90 Å². The topological polar surface area (TPSA) is 73.0 Å². The van der Waals surface area contributed by atoms with Gasteiger partial charge in [0.05, 0.1) is 0 Å². The third-order valence-corrected chi connectivity index (χ3v) is 5.13. The smallest absolute Gasteiger partial charge is 0.243 e. The molecule has 0 unspecified atom stereocenters. The maximum Gasteiger partial charge on any atom is 0.243 e. The summed E-state index contributed by atoms with van der Waals surface area (Å²) >= 11 is 4.45. The standard InChI is InChI=1S/C18H14F2N2O2S2/c1-10-4-13(9-22-8-10)14-3-2-11(7-17(14)25)12-5-15(19)18(16(20)6-12)26(21,23)24/h2-9,25H,1H3,(H2,21,23,24). The first-order valence-corrected chi connectivity index (χ1v) is 9.43. The van der Waals surface area contributed by atoms with E-state index in [1.807, 2.05) is 13.0 Å². The van der Waals surface area contributed by atoms with E-state index in [-0.39, 0.29) is 5.56 Å². The molecule has 0 saturated carbocycles. The van der Waals surface area contributed by atoms with Crippen molar-refractivity contribution in [2.24, 2.45) is 5.14 Å². The molecule has 26 heavy (non-hydrogen) atoms. The van der Waals surface area contributed by atoms with Gasteiger partial charge in [0.1, 0.15) is 11.6 Å². The Balaban J connectivity index is 2.08. The van der Waals surface area contributed by atoms with Crippen molar-refractivity contribution in [1.82, 2.24) is 4.98 Å². The number of aryl methyl sites for hydroxylation is 1. The highest BCUT2D eigenvalue weighted by Gasteiger charge is 2.21. The average molecular weight is 392 g/mol. The Kier molecular flexibility index (Phi) is 4.83. The quantitative estimate of drug-likeness (QED) is 0.663. The van der Waals surface area contributed by atoms with Crippen LogP contribution in [0, 0.1) is 18.6 Å². The third-order valence-electron chi connectivity index (χ3n) is 3.80. The van der Waals surface area contributed by atoms with Gasteiger partial charge in [-0.15, -0.1) is 12.6 Å². The van der Waals surface area contributed by atoms with E-state index < -0.39 is 26.6 Å². The van der Waals surface area contributed by atoms with Crippen LogP contribution in [0.4, 0.5) is 8.78 Å². The lowest BCUT2D eigenvalue weighted by Gasteiger charge is -2.10.